The summed E-state index contributed by atoms with van der Waals surface area (Å²) in [6.07, 6.45) is 2.90. The standard InChI is InChI=1S/C28H29IN2O3S/c1-4-19-10-12-22(13-11-19)30-28-31-27(32)25(35-28)16-21-14-23(29)26(24(15-21)33-5-2)34-17-20-8-6-18(3)7-9-20/h6-16,28,30H,4-5,17H2,1-3H3,(H,31,32)/b25-16-/t28-/m1/s1. The third kappa shape index (κ3) is 6.73. The maximum Gasteiger partial charge on any atom is 0.260 e. The van der Waals surface area contributed by atoms with Crippen molar-refractivity contribution in [2.24, 2.45) is 0 Å². The van der Waals surface area contributed by atoms with Gasteiger partial charge in [0.1, 0.15) is 6.61 Å². The van der Waals surface area contributed by atoms with Gasteiger partial charge >= 0.3 is 0 Å². The second-order valence-electron chi connectivity index (χ2n) is 8.21. The lowest BCUT2D eigenvalue weighted by atomic mass is 10.1. The van der Waals surface area contributed by atoms with E-state index >= 15 is 0 Å². The third-order valence-electron chi connectivity index (χ3n) is 5.52. The zero-order valence-electron chi connectivity index (χ0n) is 20.1. The van der Waals surface area contributed by atoms with Crippen LogP contribution in [-0.4, -0.2) is 18.0 Å². The van der Waals surface area contributed by atoms with Crippen molar-refractivity contribution in [3.63, 3.8) is 0 Å². The third-order valence-corrected chi connectivity index (χ3v) is 7.35. The summed E-state index contributed by atoms with van der Waals surface area (Å²) in [5.41, 5.74) is 5.25. The monoisotopic (exact) mass is 600 g/mol. The molecule has 1 amide bonds. The van der Waals surface area contributed by atoms with Crippen LogP contribution >= 0.6 is 34.4 Å². The molecule has 7 heteroatoms. The highest BCUT2D eigenvalue weighted by Crippen LogP contribution is 2.37. The number of ether oxygens (including phenoxy) is 2. The van der Waals surface area contributed by atoms with Crippen molar-refractivity contribution in [1.29, 1.82) is 0 Å². The fourth-order valence-electron chi connectivity index (χ4n) is 3.62. The molecule has 0 saturated carbocycles. The number of carbonyl (C=O) groups excluding carboxylic acids is 1. The van der Waals surface area contributed by atoms with Crippen molar-refractivity contribution in [2.75, 3.05) is 11.9 Å². The molecule has 0 unspecified atom stereocenters. The second-order valence-corrected chi connectivity index (χ2v) is 10.5. The molecule has 1 fully saturated rings. The molecule has 3 aromatic carbocycles. The Labute approximate surface area is 224 Å². The van der Waals surface area contributed by atoms with Gasteiger partial charge in [0.05, 0.1) is 15.1 Å². The molecular formula is C28H29IN2O3S. The van der Waals surface area contributed by atoms with Gasteiger partial charge in [-0.2, -0.15) is 0 Å². The molecule has 0 spiro atoms. The van der Waals surface area contributed by atoms with E-state index in [1.807, 2.05) is 37.3 Å². The maximum atomic E-state index is 12.6. The van der Waals surface area contributed by atoms with E-state index in [0.717, 1.165) is 26.8 Å². The van der Waals surface area contributed by atoms with E-state index in [1.54, 1.807) is 0 Å². The van der Waals surface area contributed by atoms with Crippen LogP contribution in [-0.2, 0) is 17.8 Å². The van der Waals surface area contributed by atoms with Crippen LogP contribution in [0.25, 0.3) is 6.08 Å². The van der Waals surface area contributed by atoms with Crippen LogP contribution in [0.4, 0.5) is 5.69 Å². The number of hydrogen-bond donors (Lipinski definition) is 2. The Morgan fingerprint density at radius 3 is 2.43 bits per heavy atom. The number of aryl methyl sites for hydroxylation is 2. The Balaban J connectivity index is 1.48. The first-order valence-corrected chi connectivity index (χ1v) is 13.6. The SMILES string of the molecule is CCOc1cc(/C=C2\S[C@H](Nc3ccc(CC)cc3)NC2=O)cc(I)c1OCc1ccc(C)cc1. The van der Waals surface area contributed by atoms with Crippen LogP contribution < -0.4 is 20.1 Å². The van der Waals surface area contributed by atoms with Crippen molar-refractivity contribution in [1.82, 2.24) is 5.32 Å². The van der Waals surface area contributed by atoms with Crippen LogP contribution in [0.3, 0.4) is 0 Å². The number of carbonyl (C=O) groups is 1. The largest absolute Gasteiger partial charge is 0.490 e. The minimum atomic E-state index is -0.219. The average molecular weight is 601 g/mol. The number of rotatable bonds is 9. The van der Waals surface area contributed by atoms with Crippen LogP contribution in [0, 0.1) is 10.5 Å². The van der Waals surface area contributed by atoms with E-state index in [0.29, 0.717) is 29.6 Å². The summed E-state index contributed by atoms with van der Waals surface area (Å²) in [5.74, 6) is 1.30. The average Bonchev–Trinajstić information content (AvgIpc) is 3.18. The summed E-state index contributed by atoms with van der Waals surface area (Å²) in [7, 11) is 0. The molecule has 1 saturated heterocycles. The first-order valence-electron chi connectivity index (χ1n) is 11.6. The fourth-order valence-corrected chi connectivity index (χ4v) is 5.38. The number of benzene rings is 3. The number of halogens is 1. The molecule has 1 aliphatic heterocycles. The van der Waals surface area contributed by atoms with Gasteiger partial charge in [0, 0.05) is 5.69 Å². The molecule has 0 radical (unpaired) electrons. The van der Waals surface area contributed by atoms with Gasteiger partial charge in [-0.05, 0) is 89.9 Å². The second kappa shape index (κ2) is 11.9. The van der Waals surface area contributed by atoms with Crippen molar-refractivity contribution in [3.8, 4) is 11.5 Å². The molecule has 1 heterocycles. The molecular weight excluding hydrogens is 571 g/mol. The highest BCUT2D eigenvalue weighted by atomic mass is 127. The zero-order valence-corrected chi connectivity index (χ0v) is 23.0. The predicted molar refractivity (Wildman–Crippen MR) is 153 cm³/mol. The molecule has 5 nitrogen and oxygen atoms in total. The summed E-state index contributed by atoms with van der Waals surface area (Å²) >= 11 is 3.73. The highest BCUT2D eigenvalue weighted by Gasteiger charge is 2.27. The maximum absolute atomic E-state index is 12.6. The van der Waals surface area contributed by atoms with Gasteiger partial charge < -0.3 is 20.1 Å². The smallest absolute Gasteiger partial charge is 0.260 e. The van der Waals surface area contributed by atoms with E-state index in [9.17, 15) is 4.79 Å². The number of hydrogen-bond acceptors (Lipinski definition) is 5. The lowest BCUT2D eigenvalue weighted by Gasteiger charge is -2.15. The van der Waals surface area contributed by atoms with E-state index < -0.39 is 0 Å². The summed E-state index contributed by atoms with van der Waals surface area (Å²) in [6.45, 7) is 7.13. The first kappa shape index (κ1) is 25.4. The Kier molecular flexibility index (Phi) is 8.62. The normalized spacial score (nSPS) is 16.3. The van der Waals surface area contributed by atoms with Crippen molar-refractivity contribution < 1.29 is 14.3 Å². The van der Waals surface area contributed by atoms with E-state index in [-0.39, 0.29) is 11.4 Å². The molecule has 4 rings (SSSR count). The Morgan fingerprint density at radius 1 is 1.03 bits per heavy atom. The summed E-state index contributed by atoms with van der Waals surface area (Å²) in [6, 6.07) is 20.5. The van der Waals surface area contributed by atoms with Crippen LogP contribution in [0.1, 0.15) is 36.1 Å². The van der Waals surface area contributed by atoms with Crippen LogP contribution in [0.2, 0.25) is 0 Å². The van der Waals surface area contributed by atoms with Crippen molar-refractivity contribution in [2.45, 2.75) is 39.3 Å². The van der Waals surface area contributed by atoms with E-state index in [2.05, 4.69) is 83.5 Å². The Hall–Kier alpha value is -2.65. The minimum absolute atomic E-state index is 0.0923. The number of amides is 1. The molecule has 0 bridgehead atoms. The molecule has 1 aliphatic rings. The molecule has 2 N–H and O–H groups in total. The number of anilines is 1. The van der Waals surface area contributed by atoms with Crippen LogP contribution in [0.5, 0.6) is 11.5 Å². The van der Waals surface area contributed by atoms with Gasteiger partial charge in [0.25, 0.3) is 5.91 Å². The van der Waals surface area contributed by atoms with Gasteiger partial charge in [-0.15, -0.1) is 0 Å². The Morgan fingerprint density at radius 2 is 1.74 bits per heavy atom. The van der Waals surface area contributed by atoms with E-state index in [4.69, 9.17) is 9.47 Å². The van der Waals surface area contributed by atoms with Gasteiger partial charge in [0.2, 0.25) is 0 Å². The Bertz CT molecular complexity index is 1210. The zero-order chi connectivity index (χ0) is 24.8. The molecule has 1 atom stereocenters. The molecule has 182 valence electrons. The highest BCUT2D eigenvalue weighted by molar-refractivity contribution is 14.1. The number of thioether (sulfide) groups is 1. The van der Waals surface area contributed by atoms with E-state index in [1.165, 1.54) is 22.9 Å². The lowest BCUT2D eigenvalue weighted by Crippen LogP contribution is -2.30. The molecule has 0 aromatic heterocycles. The number of nitrogens with one attached hydrogen (secondary N) is 2. The van der Waals surface area contributed by atoms with Crippen molar-refractivity contribution in [3.05, 3.63) is 91.4 Å². The van der Waals surface area contributed by atoms with Gasteiger partial charge in [-0.1, -0.05) is 60.6 Å². The van der Waals surface area contributed by atoms with Gasteiger partial charge in [0.15, 0.2) is 17.0 Å². The van der Waals surface area contributed by atoms with Gasteiger partial charge in [-0.3, -0.25) is 4.79 Å². The van der Waals surface area contributed by atoms with Crippen molar-refractivity contribution >= 4 is 52.0 Å². The summed E-state index contributed by atoms with van der Waals surface area (Å²) in [5, 5.41) is 6.37. The summed E-state index contributed by atoms with van der Waals surface area (Å²) in [4.78, 5) is 13.3. The molecule has 35 heavy (non-hydrogen) atoms. The minimum Gasteiger partial charge on any atom is -0.490 e. The van der Waals surface area contributed by atoms with Gasteiger partial charge in [-0.25, -0.2) is 0 Å². The predicted octanol–water partition coefficient (Wildman–Crippen LogP) is 6.74. The van der Waals surface area contributed by atoms with Crippen LogP contribution in [0.15, 0.2) is 65.6 Å². The lowest BCUT2D eigenvalue weighted by molar-refractivity contribution is -0.116. The topological polar surface area (TPSA) is 59.6 Å². The quantitative estimate of drug-likeness (QED) is 0.211. The molecule has 0 aliphatic carbocycles. The summed E-state index contributed by atoms with van der Waals surface area (Å²) < 4.78 is 13.0. The fraction of sp³-hybridized carbons (Fsp3) is 0.250. The first-order chi connectivity index (χ1) is 16.9. The molecule has 3 aromatic rings.